The minimum absolute atomic E-state index is 0.131. The van der Waals surface area contributed by atoms with Gasteiger partial charge in [0.1, 0.15) is 6.61 Å². The highest BCUT2D eigenvalue weighted by molar-refractivity contribution is 5.77. The maximum absolute atomic E-state index is 12.0. The summed E-state index contributed by atoms with van der Waals surface area (Å²) in [5.41, 5.74) is 6.06. The van der Waals surface area contributed by atoms with Gasteiger partial charge in [-0.1, -0.05) is 6.92 Å². The van der Waals surface area contributed by atoms with Gasteiger partial charge in [0.05, 0.1) is 6.10 Å². The van der Waals surface area contributed by atoms with Crippen LogP contribution in [0.3, 0.4) is 0 Å². The Morgan fingerprint density at radius 1 is 1.47 bits per heavy atom. The van der Waals surface area contributed by atoms with Gasteiger partial charge in [-0.3, -0.25) is 4.79 Å². The number of hydrogen-bond donors (Lipinski definition) is 1. The fourth-order valence-corrected chi connectivity index (χ4v) is 2.93. The van der Waals surface area contributed by atoms with E-state index in [1.54, 1.807) is 0 Å². The lowest BCUT2D eigenvalue weighted by atomic mass is 9.98. The number of ether oxygens (including phenoxy) is 1. The van der Waals surface area contributed by atoms with E-state index >= 15 is 0 Å². The predicted octanol–water partition coefficient (Wildman–Crippen LogP) is 0.997. The molecule has 1 aliphatic carbocycles. The van der Waals surface area contributed by atoms with Crippen molar-refractivity contribution in [3.05, 3.63) is 0 Å². The normalized spacial score (nSPS) is 33.8. The van der Waals surface area contributed by atoms with Gasteiger partial charge in [-0.2, -0.15) is 0 Å². The average Bonchev–Trinajstić information content (AvgIpc) is 2.88. The van der Waals surface area contributed by atoms with Crippen molar-refractivity contribution in [2.45, 2.75) is 45.3 Å². The highest BCUT2D eigenvalue weighted by Gasteiger charge is 2.42. The van der Waals surface area contributed by atoms with Gasteiger partial charge in [0.25, 0.3) is 0 Å². The molecule has 1 saturated heterocycles. The van der Waals surface area contributed by atoms with Gasteiger partial charge < -0.3 is 15.4 Å². The van der Waals surface area contributed by atoms with Crippen LogP contribution < -0.4 is 5.73 Å². The molecule has 0 bridgehead atoms. The van der Waals surface area contributed by atoms with Gasteiger partial charge in [-0.15, -0.1) is 0 Å². The lowest BCUT2D eigenvalue weighted by Crippen LogP contribution is -2.36. The Hall–Kier alpha value is -0.610. The molecule has 2 N–H and O–H groups in total. The summed E-state index contributed by atoms with van der Waals surface area (Å²) in [7, 11) is 0. The number of amides is 1. The monoisotopic (exact) mass is 240 g/mol. The van der Waals surface area contributed by atoms with E-state index in [-0.39, 0.29) is 18.6 Å². The van der Waals surface area contributed by atoms with Gasteiger partial charge in [0.2, 0.25) is 5.91 Å². The third-order valence-electron chi connectivity index (χ3n) is 4.33. The lowest BCUT2D eigenvalue weighted by Gasteiger charge is -2.19. The lowest BCUT2D eigenvalue weighted by molar-refractivity contribution is -0.137. The Morgan fingerprint density at radius 3 is 2.88 bits per heavy atom. The second-order valence-corrected chi connectivity index (χ2v) is 5.49. The maximum atomic E-state index is 12.0. The van der Waals surface area contributed by atoms with Crippen LogP contribution in [0.15, 0.2) is 0 Å². The molecule has 17 heavy (non-hydrogen) atoms. The van der Waals surface area contributed by atoms with E-state index in [1.807, 2.05) is 11.8 Å². The molecule has 0 aromatic heterocycles. The van der Waals surface area contributed by atoms with Gasteiger partial charge >= 0.3 is 0 Å². The number of carbonyl (C=O) groups excluding carboxylic acids is 1. The van der Waals surface area contributed by atoms with Crippen LogP contribution in [-0.2, 0) is 9.53 Å². The number of hydrogen-bond acceptors (Lipinski definition) is 3. The zero-order chi connectivity index (χ0) is 12.4. The molecule has 1 heterocycles. The number of likely N-dealkylation sites (tertiary alicyclic amines) is 1. The number of rotatable bonds is 4. The molecule has 4 atom stereocenters. The topological polar surface area (TPSA) is 55.6 Å². The smallest absolute Gasteiger partial charge is 0.248 e. The van der Waals surface area contributed by atoms with E-state index < -0.39 is 0 Å². The molecule has 98 valence electrons. The minimum atomic E-state index is 0.131. The molecule has 0 unspecified atom stereocenters. The quantitative estimate of drug-likeness (QED) is 0.797. The van der Waals surface area contributed by atoms with E-state index in [0.717, 1.165) is 25.9 Å². The van der Waals surface area contributed by atoms with Crippen molar-refractivity contribution in [1.82, 2.24) is 4.90 Å². The first kappa shape index (κ1) is 12.8. The molecule has 2 rings (SSSR count). The molecule has 1 amide bonds. The van der Waals surface area contributed by atoms with Gasteiger partial charge in [0, 0.05) is 19.1 Å². The Bertz CT molecular complexity index is 283. The molecule has 2 fully saturated rings. The van der Waals surface area contributed by atoms with E-state index in [2.05, 4.69) is 6.92 Å². The summed E-state index contributed by atoms with van der Waals surface area (Å²) in [6.07, 6.45) is 3.43. The highest BCUT2D eigenvalue weighted by Crippen LogP contribution is 2.37. The molecule has 1 aliphatic heterocycles. The summed E-state index contributed by atoms with van der Waals surface area (Å²) in [4.78, 5) is 13.9. The minimum Gasteiger partial charge on any atom is -0.369 e. The van der Waals surface area contributed by atoms with Crippen LogP contribution >= 0.6 is 0 Å². The number of nitrogens with zero attached hydrogens (tertiary/aromatic N) is 1. The third-order valence-corrected chi connectivity index (χ3v) is 4.33. The summed E-state index contributed by atoms with van der Waals surface area (Å²) >= 11 is 0. The summed E-state index contributed by atoms with van der Waals surface area (Å²) in [6.45, 7) is 6.02. The van der Waals surface area contributed by atoms with Crippen LogP contribution in [0.1, 0.15) is 33.1 Å². The summed E-state index contributed by atoms with van der Waals surface area (Å²) in [5, 5.41) is 0. The van der Waals surface area contributed by atoms with Crippen molar-refractivity contribution < 1.29 is 9.53 Å². The molecule has 4 nitrogen and oxygen atoms in total. The first-order chi connectivity index (χ1) is 8.11. The number of nitrogens with two attached hydrogens (primary N) is 1. The van der Waals surface area contributed by atoms with Crippen molar-refractivity contribution >= 4 is 5.91 Å². The molecule has 0 spiro atoms. The molecule has 0 radical (unpaired) electrons. The van der Waals surface area contributed by atoms with Crippen molar-refractivity contribution in [1.29, 1.82) is 0 Å². The second kappa shape index (κ2) is 5.36. The first-order valence-corrected chi connectivity index (χ1v) is 6.76. The zero-order valence-corrected chi connectivity index (χ0v) is 10.9. The highest BCUT2D eigenvalue weighted by atomic mass is 16.5. The fourth-order valence-electron chi connectivity index (χ4n) is 2.93. The van der Waals surface area contributed by atoms with Crippen LogP contribution in [-0.4, -0.2) is 42.6 Å². The summed E-state index contributed by atoms with van der Waals surface area (Å²) < 4.78 is 5.49. The Balaban J connectivity index is 1.78. The van der Waals surface area contributed by atoms with Crippen LogP contribution in [0.5, 0.6) is 0 Å². The standard InChI is InChI=1S/C13H24N2O2/c1-3-9(2)17-8-13(16)15-6-10-4-5-12(14)11(10)7-15/h9-12H,3-8,14H2,1-2H3/t9-,10-,11-,12-/m0/s1. The van der Waals surface area contributed by atoms with E-state index in [0.29, 0.717) is 17.9 Å². The number of fused-ring (bicyclic) bond motifs is 1. The van der Waals surface area contributed by atoms with Crippen LogP contribution in [0.2, 0.25) is 0 Å². The van der Waals surface area contributed by atoms with Crippen LogP contribution in [0, 0.1) is 11.8 Å². The zero-order valence-electron chi connectivity index (χ0n) is 10.9. The van der Waals surface area contributed by atoms with E-state index in [4.69, 9.17) is 10.5 Å². The van der Waals surface area contributed by atoms with Crippen LogP contribution in [0.4, 0.5) is 0 Å². The van der Waals surface area contributed by atoms with Crippen molar-refractivity contribution in [3.8, 4) is 0 Å². The van der Waals surface area contributed by atoms with Crippen molar-refractivity contribution in [2.24, 2.45) is 17.6 Å². The Labute approximate surface area is 103 Å². The van der Waals surface area contributed by atoms with E-state index in [1.165, 1.54) is 6.42 Å². The molecule has 0 aromatic rings. The maximum Gasteiger partial charge on any atom is 0.248 e. The summed E-state index contributed by atoms with van der Waals surface area (Å²) in [5.74, 6) is 1.30. The molecule has 0 aromatic carbocycles. The number of carbonyl (C=O) groups is 1. The third kappa shape index (κ3) is 2.80. The fraction of sp³-hybridized carbons (Fsp3) is 0.923. The van der Waals surface area contributed by atoms with E-state index in [9.17, 15) is 4.79 Å². The molecular formula is C13H24N2O2. The van der Waals surface area contributed by atoms with Gasteiger partial charge in [-0.25, -0.2) is 0 Å². The SMILES string of the molecule is CC[C@H](C)OCC(=O)N1C[C@@H]2CC[C@H](N)[C@H]2C1. The van der Waals surface area contributed by atoms with Gasteiger partial charge in [-0.05, 0) is 38.0 Å². The Morgan fingerprint density at radius 2 is 2.24 bits per heavy atom. The van der Waals surface area contributed by atoms with Crippen molar-refractivity contribution in [3.63, 3.8) is 0 Å². The molecule has 4 heteroatoms. The Kier molecular flexibility index (Phi) is 4.05. The second-order valence-electron chi connectivity index (χ2n) is 5.49. The van der Waals surface area contributed by atoms with Crippen LogP contribution in [0.25, 0.3) is 0 Å². The predicted molar refractivity (Wildman–Crippen MR) is 66.5 cm³/mol. The molecular weight excluding hydrogens is 216 g/mol. The van der Waals surface area contributed by atoms with Crippen molar-refractivity contribution in [2.75, 3.05) is 19.7 Å². The molecule has 2 aliphatic rings. The largest absolute Gasteiger partial charge is 0.369 e. The average molecular weight is 240 g/mol. The van der Waals surface area contributed by atoms with Gasteiger partial charge in [0.15, 0.2) is 0 Å². The first-order valence-electron chi connectivity index (χ1n) is 6.76. The summed E-state index contributed by atoms with van der Waals surface area (Å²) in [6, 6.07) is 0.299. The molecule has 1 saturated carbocycles.